The highest BCUT2D eigenvalue weighted by molar-refractivity contribution is 5.20. The van der Waals surface area contributed by atoms with Gasteiger partial charge in [0.25, 0.3) is 0 Å². The Morgan fingerprint density at radius 3 is 1.41 bits per heavy atom. The molecule has 0 heterocycles. The highest BCUT2D eigenvalue weighted by Crippen LogP contribution is 2.17. The summed E-state index contributed by atoms with van der Waals surface area (Å²) in [7, 11) is 0. The van der Waals surface area contributed by atoms with Gasteiger partial charge in [-0.15, -0.1) is 0 Å². The van der Waals surface area contributed by atoms with Gasteiger partial charge >= 0.3 is 0 Å². The summed E-state index contributed by atoms with van der Waals surface area (Å²) >= 11 is 0. The zero-order valence-electron chi connectivity index (χ0n) is 10.2. The number of para-hydroxylation sites is 1. The number of phenolic OH excluding ortho intramolecular Hbond substituents is 1. The highest BCUT2D eigenvalue weighted by atomic mass is 16.3. The summed E-state index contributed by atoms with van der Waals surface area (Å²) in [5.41, 5.74) is 0.247. The van der Waals surface area contributed by atoms with E-state index in [2.05, 4.69) is 0 Å². The molecule has 0 atom stereocenters. The van der Waals surface area contributed by atoms with Crippen molar-refractivity contribution in [2.75, 3.05) is 0 Å². The first-order chi connectivity index (χ1) is 8.00. The van der Waals surface area contributed by atoms with Gasteiger partial charge in [-0.1, -0.05) is 48.5 Å². The molecule has 0 bridgehead atoms. The van der Waals surface area contributed by atoms with E-state index in [0.29, 0.717) is 5.75 Å². The Labute approximate surface area is 102 Å². The monoisotopic (exact) mass is 230 g/mol. The molecule has 0 saturated heterocycles. The lowest BCUT2D eigenvalue weighted by molar-refractivity contribution is 0.0786. The highest BCUT2D eigenvalue weighted by Gasteiger charge is 2.13. The van der Waals surface area contributed by atoms with Gasteiger partial charge in [0.05, 0.1) is 5.60 Å². The van der Waals surface area contributed by atoms with Crippen LogP contribution in [0.3, 0.4) is 0 Å². The number of rotatable bonds is 1. The van der Waals surface area contributed by atoms with Crippen molar-refractivity contribution in [2.24, 2.45) is 0 Å². The lowest BCUT2D eigenvalue weighted by atomic mass is 9.99. The Morgan fingerprint density at radius 1 is 0.765 bits per heavy atom. The summed E-state index contributed by atoms with van der Waals surface area (Å²) in [5, 5.41) is 18.1. The van der Waals surface area contributed by atoms with Crippen LogP contribution < -0.4 is 0 Å². The smallest absolute Gasteiger partial charge is 0.115 e. The normalized spacial score (nSPS) is 10.3. The molecule has 0 radical (unpaired) electrons. The maximum absolute atomic E-state index is 9.49. The molecule has 2 rings (SSSR count). The van der Waals surface area contributed by atoms with Crippen LogP contribution in [-0.4, -0.2) is 10.2 Å². The Morgan fingerprint density at radius 2 is 1.18 bits per heavy atom. The predicted molar refractivity (Wildman–Crippen MR) is 69.8 cm³/mol. The van der Waals surface area contributed by atoms with Crippen LogP contribution in [0.2, 0.25) is 0 Å². The number of phenols is 1. The maximum atomic E-state index is 9.49. The topological polar surface area (TPSA) is 40.5 Å². The zero-order chi connectivity index (χ0) is 12.7. The van der Waals surface area contributed by atoms with E-state index < -0.39 is 5.60 Å². The molecule has 2 heteroatoms. The van der Waals surface area contributed by atoms with Gasteiger partial charge in [-0.3, -0.25) is 0 Å². The predicted octanol–water partition coefficient (Wildman–Crippen LogP) is 3.31. The third kappa shape index (κ3) is 5.18. The number of benzene rings is 2. The standard InChI is InChI=1S/C9H12O.C6H6O/c1-9(2,10)8-6-4-3-5-7-8;7-6-4-2-1-3-5-6/h3-7,10H,1-2H3;1-5,7H. The van der Waals surface area contributed by atoms with Crippen LogP contribution in [0.25, 0.3) is 0 Å². The van der Waals surface area contributed by atoms with Crippen molar-refractivity contribution in [2.45, 2.75) is 19.4 Å². The number of aromatic hydroxyl groups is 1. The SMILES string of the molecule is CC(C)(O)c1ccccc1.Oc1ccccc1. The van der Waals surface area contributed by atoms with Crippen molar-refractivity contribution < 1.29 is 10.2 Å². The Hall–Kier alpha value is -1.80. The van der Waals surface area contributed by atoms with E-state index >= 15 is 0 Å². The molecule has 90 valence electrons. The van der Waals surface area contributed by atoms with Gasteiger partial charge in [0, 0.05) is 0 Å². The van der Waals surface area contributed by atoms with Crippen LogP contribution in [0.1, 0.15) is 19.4 Å². The molecule has 2 nitrogen and oxygen atoms in total. The molecule has 0 aliphatic heterocycles. The first kappa shape index (κ1) is 13.3. The van der Waals surface area contributed by atoms with Crippen LogP contribution in [0.15, 0.2) is 60.7 Å². The maximum Gasteiger partial charge on any atom is 0.115 e. The molecule has 0 aliphatic carbocycles. The molecule has 17 heavy (non-hydrogen) atoms. The number of hydrogen-bond donors (Lipinski definition) is 2. The average molecular weight is 230 g/mol. The van der Waals surface area contributed by atoms with E-state index in [1.165, 1.54) is 0 Å². The number of aliphatic hydroxyl groups is 1. The second-order valence-electron chi connectivity index (χ2n) is 4.26. The van der Waals surface area contributed by atoms with Crippen molar-refractivity contribution in [3.8, 4) is 5.75 Å². The molecular weight excluding hydrogens is 212 g/mol. The summed E-state index contributed by atoms with van der Waals surface area (Å²) in [5.74, 6) is 0.322. The molecular formula is C15H18O2. The second kappa shape index (κ2) is 6.06. The van der Waals surface area contributed by atoms with E-state index in [0.717, 1.165) is 5.56 Å². The van der Waals surface area contributed by atoms with Crippen molar-refractivity contribution in [1.82, 2.24) is 0 Å². The Balaban J connectivity index is 0.000000181. The molecule has 0 aromatic heterocycles. The zero-order valence-corrected chi connectivity index (χ0v) is 10.2. The van der Waals surface area contributed by atoms with E-state index in [1.54, 1.807) is 38.1 Å². The number of hydrogen-bond acceptors (Lipinski definition) is 2. The van der Waals surface area contributed by atoms with E-state index in [9.17, 15) is 5.11 Å². The summed E-state index contributed by atoms with van der Waals surface area (Å²) in [6.07, 6.45) is 0. The van der Waals surface area contributed by atoms with Crippen LogP contribution >= 0.6 is 0 Å². The van der Waals surface area contributed by atoms with Crippen molar-refractivity contribution in [3.05, 3.63) is 66.2 Å². The molecule has 2 N–H and O–H groups in total. The largest absolute Gasteiger partial charge is 0.508 e. The first-order valence-corrected chi connectivity index (χ1v) is 5.52. The van der Waals surface area contributed by atoms with Gasteiger partial charge in [0.15, 0.2) is 0 Å². The molecule has 0 spiro atoms. The average Bonchev–Trinajstić information content (AvgIpc) is 2.31. The van der Waals surface area contributed by atoms with E-state index in [4.69, 9.17) is 5.11 Å². The van der Waals surface area contributed by atoms with Crippen LogP contribution in [0, 0.1) is 0 Å². The lowest BCUT2D eigenvalue weighted by Crippen LogP contribution is -2.14. The quantitative estimate of drug-likeness (QED) is 0.789. The minimum atomic E-state index is -0.707. The summed E-state index contributed by atoms with van der Waals surface area (Å²) in [4.78, 5) is 0. The van der Waals surface area contributed by atoms with Crippen LogP contribution in [0.5, 0.6) is 5.75 Å². The van der Waals surface area contributed by atoms with Gasteiger partial charge in [0.2, 0.25) is 0 Å². The lowest BCUT2D eigenvalue weighted by Gasteiger charge is -2.16. The molecule has 2 aromatic carbocycles. The minimum absolute atomic E-state index is 0.322. The summed E-state index contributed by atoms with van der Waals surface area (Å²) in [6, 6.07) is 18.3. The fraction of sp³-hybridized carbons (Fsp3) is 0.200. The fourth-order valence-corrected chi connectivity index (χ4v) is 1.27. The van der Waals surface area contributed by atoms with Crippen LogP contribution in [-0.2, 0) is 5.60 Å². The van der Waals surface area contributed by atoms with Gasteiger partial charge in [-0.2, -0.15) is 0 Å². The summed E-state index contributed by atoms with van der Waals surface area (Å²) in [6.45, 7) is 3.56. The van der Waals surface area contributed by atoms with Crippen molar-refractivity contribution >= 4 is 0 Å². The van der Waals surface area contributed by atoms with Crippen molar-refractivity contribution in [1.29, 1.82) is 0 Å². The van der Waals surface area contributed by atoms with Crippen LogP contribution in [0.4, 0.5) is 0 Å². The third-order valence-corrected chi connectivity index (χ3v) is 2.24. The molecule has 0 fully saturated rings. The van der Waals surface area contributed by atoms with E-state index in [1.807, 2.05) is 36.4 Å². The third-order valence-electron chi connectivity index (χ3n) is 2.24. The summed E-state index contributed by atoms with van der Waals surface area (Å²) < 4.78 is 0. The van der Waals surface area contributed by atoms with Gasteiger partial charge < -0.3 is 10.2 Å². The van der Waals surface area contributed by atoms with Gasteiger partial charge in [-0.25, -0.2) is 0 Å². The van der Waals surface area contributed by atoms with Gasteiger partial charge in [-0.05, 0) is 31.5 Å². The minimum Gasteiger partial charge on any atom is -0.508 e. The fourth-order valence-electron chi connectivity index (χ4n) is 1.27. The Bertz CT molecular complexity index is 416. The second-order valence-corrected chi connectivity index (χ2v) is 4.26. The first-order valence-electron chi connectivity index (χ1n) is 5.52. The molecule has 0 amide bonds. The molecule has 0 saturated carbocycles. The van der Waals surface area contributed by atoms with Gasteiger partial charge in [0.1, 0.15) is 5.75 Å². The molecule has 2 aromatic rings. The van der Waals surface area contributed by atoms with Crippen molar-refractivity contribution in [3.63, 3.8) is 0 Å². The Kier molecular flexibility index (Phi) is 4.73. The molecule has 0 unspecified atom stereocenters. The van der Waals surface area contributed by atoms with E-state index in [-0.39, 0.29) is 0 Å². The molecule has 0 aliphatic rings.